The van der Waals surface area contributed by atoms with Gasteiger partial charge in [-0.3, -0.25) is 19.3 Å². The molecule has 14 heteroatoms. The molecule has 1 aliphatic carbocycles. The van der Waals surface area contributed by atoms with Crippen LogP contribution >= 0.6 is 75.1 Å². The standard InChI is InChI=1S/C26H24Br4N2O7S/c1-9(2)21(32-23(34)15-16(24(32)35)18(28)20(30)19(29)17(15)27)26(37)39-8-13(33)31-22-14(25(36)38-4)11-6-5-10(3)7-12(11)40-22/h9-10,21H,5-8H2,1-4H3,(H,31,33)/t10-,21+/m0/s1. The van der Waals surface area contributed by atoms with Crippen molar-refractivity contribution in [2.75, 3.05) is 19.0 Å². The number of anilines is 1. The first kappa shape index (κ1) is 31.3. The molecule has 2 atom stereocenters. The summed E-state index contributed by atoms with van der Waals surface area (Å²) >= 11 is 14.8. The fourth-order valence-corrected chi connectivity index (χ4v) is 8.71. The molecule has 0 spiro atoms. The number of methoxy groups -OCH3 is 1. The van der Waals surface area contributed by atoms with Crippen molar-refractivity contribution in [2.24, 2.45) is 11.8 Å². The Hall–Kier alpha value is -1.61. The fourth-order valence-electron chi connectivity index (χ4n) is 4.84. The van der Waals surface area contributed by atoms with Gasteiger partial charge in [0.05, 0.1) is 23.8 Å². The van der Waals surface area contributed by atoms with E-state index in [-0.39, 0.29) is 11.1 Å². The largest absolute Gasteiger partial charge is 0.465 e. The highest BCUT2D eigenvalue weighted by atomic mass is 79.9. The molecule has 2 aliphatic rings. The van der Waals surface area contributed by atoms with Gasteiger partial charge in [-0.15, -0.1) is 11.3 Å². The second kappa shape index (κ2) is 12.3. The van der Waals surface area contributed by atoms with E-state index in [4.69, 9.17) is 9.47 Å². The van der Waals surface area contributed by atoms with Crippen LogP contribution in [0.4, 0.5) is 5.00 Å². The van der Waals surface area contributed by atoms with Gasteiger partial charge in [-0.25, -0.2) is 9.59 Å². The van der Waals surface area contributed by atoms with E-state index < -0.39 is 48.2 Å². The number of hydrogen-bond acceptors (Lipinski definition) is 8. The molecule has 9 nitrogen and oxygen atoms in total. The van der Waals surface area contributed by atoms with Crippen LogP contribution in [0.15, 0.2) is 17.9 Å². The van der Waals surface area contributed by atoms with Crippen molar-refractivity contribution in [3.05, 3.63) is 45.0 Å². The van der Waals surface area contributed by atoms with Crippen LogP contribution in [0, 0.1) is 11.8 Å². The number of rotatable bonds is 7. The summed E-state index contributed by atoms with van der Waals surface area (Å²) in [5.74, 6) is -3.49. The summed E-state index contributed by atoms with van der Waals surface area (Å²) in [5.41, 5.74) is 1.42. The van der Waals surface area contributed by atoms with Crippen molar-refractivity contribution in [3.63, 3.8) is 0 Å². The van der Waals surface area contributed by atoms with Gasteiger partial charge in [-0.2, -0.15) is 0 Å². The molecule has 2 aromatic rings. The van der Waals surface area contributed by atoms with Crippen LogP contribution in [0.1, 0.15) is 68.7 Å². The molecule has 1 N–H and O–H groups in total. The SMILES string of the molecule is COC(=O)c1c(NC(=O)COC(=O)[C@@H](C(C)C)N2C(=O)c3c(Br)c(Br)c(Br)c(Br)c3C2=O)sc2c1CC[C@H](C)C2. The van der Waals surface area contributed by atoms with Crippen LogP contribution < -0.4 is 5.32 Å². The average Bonchev–Trinajstić information content (AvgIpc) is 3.38. The maximum Gasteiger partial charge on any atom is 0.341 e. The van der Waals surface area contributed by atoms with E-state index in [1.165, 1.54) is 18.4 Å². The van der Waals surface area contributed by atoms with Crippen molar-refractivity contribution in [3.8, 4) is 0 Å². The number of thiophene rings is 1. The van der Waals surface area contributed by atoms with E-state index in [0.29, 0.717) is 40.8 Å². The first-order chi connectivity index (χ1) is 18.8. The lowest BCUT2D eigenvalue weighted by molar-refractivity contribution is -0.152. The molecule has 3 amide bonds. The highest BCUT2D eigenvalue weighted by Gasteiger charge is 2.48. The van der Waals surface area contributed by atoms with Gasteiger partial charge in [0.25, 0.3) is 17.7 Å². The number of esters is 2. The second-order valence-corrected chi connectivity index (χ2v) is 14.2. The molecule has 1 aliphatic heterocycles. The Labute approximate surface area is 268 Å². The number of ether oxygens (including phenoxy) is 2. The predicted octanol–water partition coefficient (Wildman–Crippen LogP) is 6.51. The maximum atomic E-state index is 13.4. The number of halogens is 4. The summed E-state index contributed by atoms with van der Waals surface area (Å²) in [5, 5.41) is 3.03. The molecule has 1 aromatic heterocycles. The summed E-state index contributed by atoms with van der Waals surface area (Å²) in [6.07, 6.45) is 2.43. The Bertz CT molecular complexity index is 1410. The quantitative estimate of drug-likeness (QED) is 0.146. The number of nitrogens with zero attached hydrogens (tertiary/aromatic N) is 1. The number of amides is 3. The second-order valence-electron chi connectivity index (χ2n) is 9.88. The lowest BCUT2D eigenvalue weighted by Gasteiger charge is -2.27. The summed E-state index contributed by atoms with van der Waals surface area (Å²) in [6.45, 7) is 4.80. The first-order valence-corrected chi connectivity index (χ1v) is 16.2. The van der Waals surface area contributed by atoms with Crippen molar-refractivity contribution in [1.29, 1.82) is 0 Å². The summed E-state index contributed by atoms with van der Waals surface area (Å²) in [4.78, 5) is 67.3. The highest BCUT2D eigenvalue weighted by molar-refractivity contribution is 9.15. The van der Waals surface area contributed by atoms with Crippen LogP contribution in [0.2, 0.25) is 0 Å². The molecule has 214 valence electrons. The molecule has 1 aromatic carbocycles. The summed E-state index contributed by atoms with van der Waals surface area (Å²) in [7, 11) is 1.28. The Balaban J connectivity index is 1.52. The predicted molar refractivity (Wildman–Crippen MR) is 163 cm³/mol. The molecular weight excluding hydrogens is 804 g/mol. The molecule has 2 heterocycles. The van der Waals surface area contributed by atoms with Gasteiger partial charge >= 0.3 is 11.9 Å². The summed E-state index contributed by atoms with van der Waals surface area (Å²) < 4.78 is 12.0. The minimum atomic E-state index is -1.28. The zero-order valence-electron chi connectivity index (χ0n) is 21.8. The zero-order valence-corrected chi connectivity index (χ0v) is 28.9. The Morgan fingerprint density at radius 1 is 1.02 bits per heavy atom. The van der Waals surface area contributed by atoms with Gasteiger partial charge in [0.15, 0.2) is 6.61 Å². The van der Waals surface area contributed by atoms with Crippen molar-refractivity contribution >= 4 is 110 Å². The monoisotopic (exact) mass is 824 g/mol. The van der Waals surface area contributed by atoms with Crippen LogP contribution in [-0.4, -0.2) is 54.3 Å². The Morgan fingerprint density at radius 2 is 1.60 bits per heavy atom. The zero-order chi connectivity index (χ0) is 29.6. The van der Waals surface area contributed by atoms with Crippen molar-refractivity contribution in [1.82, 2.24) is 4.90 Å². The van der Waals surface area contributed by atoms with E-state index in [1.54, 1.807) is 13.8 Å². The third kappa shape index (κ3) is 5.58. The lowest BCUT2D eigenvalue weighted by atomic mass is 9.88. The molecule has 40 heavy (non-hydrogen) atoms. The summed E-state index contributed by atoms with van der Waals surface area (Å²) in [6, 6.07) is -1.28. The smallest absolute Gasteiger partial charge is 0.341 e. The van der Waals surface area contributed by atoms with E-state index >= 15 is 0 Å². The molecule has 4 rings (SSSR count). The number of benzene rings is 1. The Morgan fingerprint density at radius 3 is 2.12 bits per heavy atom. The van der Waals surface area contributed by atoms with Crippen LogP contribution in [-0.2, 0) is 31.9 Å². The number of carbonyl (C=O) groups excluding carboxylic acids is 5. The normalized spacial score (nSPS) is 17.0. The highest BCUT2D eigenvalue weighted by Crippen LogP contribution is 2.46. The van der Waals surface area contributed by atoms with Gasteiger partial charge in [-0.1, -0.05) is 20.8 Å². The van der Waals surface area contributed by atoms with E-state index in [9.17, 15) is 24.0 Å². The number of fused-ring (bicyclic) bond motifs is 2. The van der Waals surface area contributed by atoms with E-state index in [2.05, 4.69) is 76.0 Å². The van der Waals surface area contributed by atoms with Crippen molar-refractivity contribution in [2.45, 2.75) is 46.1 Å². The third-order valence-corrected chi connectivity index (χ3v) is 12.7. The molecule has 0 fully saturated rings. The Kier molecular flexibility index (Phi) is 9.65. The first-order valence-electron chi connectivity index (χ1n) is 12.2. The van der Waals surface area contributed by atoms with Crippen LogP contribution in [0.5, 0.6) is 0 Å². The van der Waals surface area contributed by atoms with Gasteiger partial charge in [0, 0.05) is 22.8 Å². The minimum Gasteiger partial charge on any atom is -0.465 e. The third-order valence-electron chi connectivity index (χ3n) is 6.78. The van der Waals surface area contributed by atoms with Crippen LogP contribution in [0.3, 0.4) is 0 Å². The number of hydrogen-bond donors (Lipinski definition) is 1. The fraction of sp³-hybridized carbons (Fsp3) is 0.423. The van der Waals surface area contributed by atoms with Gasteiger partial charge in [-0.05, 0) is 100 Å². The topological polar surface area (TPSA) is 119 Å². The molecule has 0 radical (unpaired) electrons. The van der Waals surface area contributed by atoms with Gasteiger partial charge in [0.1, 0.15) is 11.0 Å². The lowest BCUT2D eigenvalue weighted by Crippen LogP contribution is -2.49. The maximum absolute atomic E-state index is 13.4. The van der Waals surface area contributed by atoms with Crippen LogP contribution in [0.25, 0.3) is 0 Å². The minimum absolute atomic E-state index is 0.106. The van der Waals surface area contributed by atoms with Gasteiger partial charge in [0.2, 0.25) is 0 Å². The van der Waals surface area contributed by atoms with E-state index in [1.807, 2.05) is 0 Å². The average molecular weight is 828 g/mol. The number of imide groups is 1. The molecule has 0 unspecified atom stereocenters. The molecule has 0 saturated carbocycles. The number of carbonyl (C=O) groups is 5. The molecule has 0 saturated heterocycles. The number of nitrogens with one attached hydrogen (secondary N) is 1. The van der Waals surface area contributed by atoms with Crippen molar-refractivity contribution < 1.29 is 33.4 Å². The van der Waals surface area contributed by atoms with Gasteiger partial charge < -0.3 is 14.8 Å². The molecule has 0 bridgehead atoms. The van der Waals surface area contributed by atoms with E-state index in [0.717, 1.165) is 28.2 Å². The molecular formula is C26H24Br4N2O7S.